The van der Waals surface area contributed by atoms with Crippen molar-refractivity contribution in [1.82, 2.24) is 0 Å². The summed E-state index contributed by atoms with van der Waals surface area (Å²) in [6.45, 7) is 2.33. The molecule has 5 rings (SSSR count). The van der Waals surface area contributed by atoms with E-state index in [1.54, 1.807) is 13.0 Å². The fourth-order valence-electron chi connectivity index (χ4n) is 5.35. The molecule has 0 aliphatic heterocycles. The molecule has 3 aromatic rings. The lowest BCUT2D eigenvalue weighted by Gasteiger charge is -2.15. The third-order valence-corrected chi connectivity index (χ3v) is 9.56. The minimum Gasteiger partial charge on any atom is -0.494 e. The van der Waals surface area contributed by atoms with Crippen molar-refractivity contribution in [1.29, 1.82) is 0 Å². The number of carbonyl (C=O) groups is 1. The highest BCUT2D eigenvalue weighted by Gasteiger charge is 2.44. The van der Waals surface area contributed by atoms with Crippen LogP contribution >= 0.6 is 0 Å². The molecule has 0 amide bonds. The maximum Gasteiger partial charge on any atom is 0.307 e. The molecule has 206 valence electrons. The highest BCUT2D eigenvalue weighted by molar-refractivity contribution is 7.91. The van der Waals surface area contributed by atoms with E-state index in [0.29, 0.717) is 31.6 Å². The maximum atomic E-state index is 15.1. The van der Waals surface area contributed by atoms with Crippen LogP contribution in [0.1, 0.15) is 54.4 Å². The van der Waals surface area contributed by atoms with Crippen LogP contribution in [0.15, 0.2) is 54.6 Å². The number of fused-ring (bicyclic) bond motifs is 3. The molecule has 8 heteroatoms. The van der Waals surface area contributed by atoms with Gasteiger partial charge in [0.25, 0.3) is 0 Å². The minimum absolute atomic E-state index is 0.0850. The highest BCUT2D eigenvalue weighted by Crippen LogP contribution is 2.47. The molecule has 0 aromatic heterocycles. The molecule has 2 aliphatic rings. The van der Waals surface area contributed by atoms with Crippen LogP contribution in [0.2, 0.25) is 0 Å². The summed E-state index contributed by atoms with van der Waals surface area (Å²) in [6, 6.07) is 17.3. The summed E-state index contributed by atoms with van der Waals surface area (Å²) in [5, 5.41) is 12.5. The lowest BCUT2D eigenvalue weighted by molar-refractivity contribution is -0.138. The van der Waals surface area contributed by atoms with E-state index in [2.05, 4.69) is 5.32 Å². The van der Waals surface area contributed by atoms with Crippen LogP contribution in [0.5, 0.6) is 5.75 Å². The number of rotatable bonds is 11. The number of aryl methyl sites for hydroxylation is 2. The first-order valence-electron chi connectivity index (χ1n) is 13.6. The number of anilines is 1. The molecule has 0 saturated heterocycles. The average Bonchev–Trinajstić information content (AvgIpc) is 3.74. The maximum absolute atomic E-state index is 15.1. The number of aliphatic carboxylic acids is 1. The number of hydrogen-bond donors (Lipinski definition) is 2. The number of ether oxygens (including phenoxy) is 1. The highest BCUT2D eigenvalue weighted by atomic mass is 32.2. The molecule has 3 aromatic carbocycles. The number of carboxylic acid groups (broad SMARTS) is 1. The second kappa shape index (κ2) is 11.4. The van der Waals surface area contributed by atoms with E-state index in [0.717, 1.165) is 58.5 Å². The van der Waals surface area contributed by atoms with Crippen LogP contribution in [0, 0.1) is 11.7 Å². The molecular formula is C31H34FNO5S. The number of nitrogens with one attached hydrogen (secondary N) is 1. The number of hydrogen-bond acceptors (Lipinski definition) is 5. The van der Waals surface area contributed by atoms with Crippen molar-refractivity contribution in [2.45, 2.75) is 51.5 Å². The largest absolute Gasteiger partial charge is 0.494 e. The van der Waals surface area contributed by atoms with Crippen LogP contribution in [0.25, 0.3) is 11.1 Å². The van der Waals surface area contributed by atoms with E-state index in [1.807, 2.05) is 48.5 Å². The smallest absolute Gasteiger partial charge is 0.307 e. The number of sulfone groups is 1. The molecule has 2 N–H and O–H groups in total. The van der Waals surface area contributed by atoms with Gasteiger partial charge in [0.15, 0.2) is 0 Å². The van der Waals surface area contributed by atoms with E-state index in [9.17, 15) is 13.2 Å². The zero-order valence-corrected chi connectivity index (χ0v) is 22.9. The van der Waals surface area contributed by atoms with Crippen molar-refractivity contribution in [3.8, 4) is 16.9 Å². The average molecular weight is 552 g/mol. The Morgan fingerprint density at radius 2 is 1.79 bits per heavy atom. The van der Waals surface area contributed by atoms with Gasteiger partial charge in [0.05, 0.1) is 18.3 Å². The predicted molar refractivity (Wildman–Crippen MR) is 151 cm³/mol. The van der Waals surface area contributed by atoms with Crippen molar-refractivity contribution in [2.75, 3.05) is 23.4 Å². The van der Waals surface area contributed by atoms with Gasteiger partial charge < -0.3 is 15.2 Å². The summed E-state index contributed by atoms with van der Waals surface area (Å²) >= 11 is 0. The normalized spacial score (nSPS) is 18.0. The molecule has 2 aliphatic carbocycles. The quantitative estimate of drug-likeness (QED) is 0.285. The van der Waals surface area contributed by atoms with Gasteiger partial charge in [0.1, 0.15) is 21.4 Å². The Hall–Kier alpha value is -3.39. The second-order valence-electron chi connectivity index (χ2n) is 10.5. The van der Waals surface area contributed by atoms with Gasteiger partial charge in [0.2, 0.25) is 0 Å². The molecule has 6 nitrogen and oxygen atoms in total. The van der Waals surface area contributed by atoms with Gasteiger partial charge in [-0.05, 0) is 102 Å². The molecule has 39 heavy (non-hydrogen) atoms. The van der Waals surface area contributed by atoms with E-state index in [4.69, 9.17) is 9.84 Å². The monoisotopic (exact) mass is 551 g/mol. The van der Waals surface area contributed by atoms with E-state index in [1.165, 1.54) is 0 Å². The zero-order chi connectivity index (χ0) is 27.6. The van der Waals surface area contributed by atoms with E-state index >= 15 is 4.39 Å². The van der Waals surface area contributed by atoms with Gasteiger partial charge in [-0.25, -0.2) is 12.8 Å². The lowest BCUT2D eigenvalue weighted by atomic mass is 9.94. The van der Waals surface area contributed by atoms with Crippen molar-refractivity contribution in [2.24, 2.45) is 5.92 Å². The Kier molecular flexibility index (Phi) is 7.93. The van der Waals surface area contributed by atoms with E-state index < -0.39 is 15.8 Å². The Bertz CT molecular complexity index is 1470. The van der Waals surface area contributed by atoms with Crippen LogP contribution < -0.4 is 10.1 Å². The molecule has 0 bridgehead atoms. The van der Waals surface area contributed by atoms with Crippen LogP contribution in [0.4, 0.5) is 10.1 Å². The van der Waals surface area contributed by atoms with Crippen LogP contribution in [-0.4, -0.2) is 37.6 Å². The van der Waals surface area contributed by atoms with Gasteiger partial charge in [-0.1, -0.05) is 25.1 Å². The summed E-state index contributed by atoms with van der Waals surface area (Å²) in [5.74, 6) is -0.184. The molecule has 2 unspecified atom stereocenters. The molecular weight excluding hydrogens is 517 g/mol. The third-order valence-electron chi connectivity index (χ3n) is 7.77. The summed E-state index contributed by atoms with van der Waals surface area (Å²) in [7, 11) is -3.00. The Balaban J connectivity index is 1.27. The van der Waals surface area contributed by atoms with E-state index in [-0.39, 0.29) is 29.2 Å². The topological polar surface area (TPSA) is 92.7 Å². The SMILES string of the molecule is CCS(=O)(=O)CCCOc1ccc2c(c1)CCCc1cc(F)c(CNc3ccc(C4CC4C(=O)O)cc3)cc1-2. The van der Waals surface area contributed by atoms with Gasteiger partial charge in [-0.2, -0.15) is 0 Å². The van der Waals surface area contributed by atoms with Crippen molar-refractivity contribution in [3.05, 3.63) is 82.7 Å². The molecule has 2 atom stereocenters. The van der Waals surface area contributed by atoms with Crippen LogP contribution in [-0.2, 0) is 34.0 Å². The Labute approximate surface area is 229 Å². The summed E-state index contributed by atoms with van der Waals surface area (Å²) in [5.41, 5.74) is 6.71. The van der Waals surface area contributed by atoms with Crippen molar-refractivity contribution >= 4 is 21.5 Å². The zero-order valence-electron chi connectivity index (χ0n) is 22.1. The molecule has 0 heterocycles. The molecule has 0 radical (unpaired) electrons. The van der Waals surface area contributed by atoms with Gasteiger partial charge in [-0.15, -0.1) is 0 Å². The van der Waals surface area contributed by atoms with Gasteiger partial charge in [-0.3, -0.25) is 4.79 Å². The first-order valence-corrected chi connectivity index (χ1v) is 15.4. The van der Waals surface area contributed by atoms with Gasteiger partial charge >= 0.3 is 5.97 Å². The number of halogens is 1. The Morgan fingerprint density at radius 3 is 2.49 bits per heavy atom. The molecule has 0 spiro atoms. The fraction of sp³-hybridized carbons (Fsp3) is 0.387. The summed E-state index contributed by atoms with van der Waals surface area (Å²) in [4.78, 5) is 11.1. The third kappa shape index (κ3) is 6.44. The summed E-state index contributed by atoms with van der Waals surface area (Å²) in [6.07, 6.45) is 3.69. The fourth-order valence-corrected chi connectivity index (χ4v) is 6.19. The van der Waals surface area contributed by atoms with Crippen molar-refractivity contribution in [3.63, 3.8) is 0 Å². The second-order valence-corrected chi connectivity index (χ2v) is 12.9. The first kappa shape index (κ1) is 27.2. The molecule has 1 saturated carbocycles. The van der Waals surface area contributed by atoms with Crippen LogP contribution in [0.3, 0.4) is 0 Å². The molecule has 1 fully saturated rings. The first-order chi connectivity index (χ1) is 18.7. The van der Waals surface area contributed by atoms with Gasteiger partial charge in [0, 0.05) is 23.5 Å². The predicted octanol–water partition coefficient (Wildman–Crippen LogP) is 5.99. The summed E-state index contributed by atoms with van der Waals surface area (Å²) < 4.78 is 44.3. The standard InChI is InChI=1S/C31H34FNO5S/c1-2-39(36,37)14-4-13-38-25-11-12-26-21(15-25)5-3-6-22-17-30(32)23(16-27(22)26)19-33-24-9-7-20(8-10-24)28-18-29(28)31(34)35/h7-12,15-17,28-29,33H,2-6,13-14,18-19H2,1H3,(H,34,35). The Morgan fingerprint density at radius 1 is 1.05 bits per heavy atom. The van der Waals surface area contributed by atoms with Crippen molar-refractivity contribution < 1.29 is 27.4 Å². The minimum atomic E-state index is -3.00. The lowest BCUT2D eigenvalue weighted by Crippen LogP contribution is -2.11. The number of carboxylic acids is 1. The number of benzene rings is 3.